The van der Waals surface area contributed by atoms with E-state index in [9.17, 15) is 4.39 Å². The van der Waals surface area contributed by atoms with Gasteiger partial charge in [0.05, 0.1) is 24.9 Å². The Morgan fingerprint density at radius 2 is 2.28 bits per heavy atom. The van der Waals surface area contributed by atoms with Gasteiger partial charge in [0.2, 0.25) is 0 Å². The summed E-state index contributed by atoms with van der Waals surface area (Å²) in [6.07, 6.45) is 4.51. The molecule has 0 N–H and O–H groups in total. The lowest BCUT2D eigenvalue weighted by molar-refractivity contribution is 0.0870. The Kier molecular flexibility index (Phi) is 3.16. The number of aromatic nitrogens is 2. The number of aryl methyl sites for hydroxylation is 1. The number of ether oxygens (including phenoxy) is 1. The summed E-state index contributed by atoms with van der Waals surface area (Å²) in [5, 5.41) is 0. The summed E-state index contributed by atoms with van der Waals surface area (Å²) in [5.74, 6) is 0.847. The standard InChI is InChI=1S/C13H18FN3O/c1-2-10-12(14)13(16-8-15-10)17-5-6-18-7-11(17)9-3-4-9/h8-9,11H,2-7H2,1H3/t11-/m0/s1. The van der Waals surface area contributed by atoms with Crippen molar-refractivity contribution < 1.29 is 9.13 Å². The average Bonchev–Trinajstić information content (AvgIpc) is 3.23. The van der Waals surface area contributed by atoms with E-state index in [1.165, 1.54) is 19.2 Å². The van der Waals surface area contributed by atoms with E-state index in [0.29, 0.717) is 37.1 Å². The quantitative estimate of drug-likeness (QED) is 0.821. The summed E-state index contributed by atoms with van der Waals surface area (Å²) in [4.78, 5) is 10.2. The van der Waals surface area contributed by atoms with Gasteiger partial charge >= 0.3 is 0 Å². The SMILES string of the molecule is CCc1ncnc(N2CCOC[C@H]2C2CC2)c1F. The van der Waals surface area contributed by atoms with Crippen LogP contribution in [0.4, 0.5) is 10.2 Å². The van der Waals surface area contributed by atoms with Crippen molar-refractivity contribution in [2.75, 3.05) is 24.7 Å². The number of rotatable bonds is 3. The Morgan fingerprint density at radius 3 is 3.00 bits per heavy atom. The molecule has 1 saturated carbocycles. The van der Waals surface area contributed by atoms with E-state index in [0.717, 1.165) is 6.54 Å². The molecule has 2 aliphatic rings. The molecule has 2 fully saturated rings. The lowest BCUT2D eigenvalue weighted by atomic mass is 10.1. The first-order chi connectivity index (χ1) is 8.81. The number of morpholine rings is 1. The van der Waals surface area contributed by atoms with Crippen molar-refractivity contribution in [2.24, 2.45) is 5.92 Å². The van der Waals surface area contributed by atoms with Gasteiger partial charge in [-0.25, -0.2) is 14.4 Å². The summed E-state index contributed by atoms with van der Waals surface area (Å²) in [6, 6.07) is 0.285. The molecule has 5 heteroatoms. The molecule has 0 spiro atoms. The second kappa shape index (κ2) is 4.80. The third kappa shape index (κ3) is 2.07. The predicted molar refractivity (Wildman–Crippen MR) is 66.0 cm³/mol. The average molecular weight is 251 g/mol. The maximum absolute atomic E-state index is 14.3. The fourth-order valence-corrected chi connectivity index (χ4v) is 2.60. The third-order valence-electron chi connectivity index (χ3n) is 3.78. The fourth-order valence-electron chi connectivity index (χ4n) is 2.60. The Hall–Kier alpha value is -1.23. The molecule has 1 atom stereocenters. The molecule has 0 unspecified atom stereocenters. The second-order valence-corrected chi connectivity index (χ2v) is 4.98. The van der Waals surface area contributed by atoms with Crippen molar-refractivity contribution in [1.82, 2.24) is 9.97 Å². The van der Waals surface area contributed by atoms with Gasteiger partial charge < -0.3 is 9.64 Å². The van der Waals surface area contributed by atoms with Crippen molar-refractivity contribution >= 4 is 5.82 Å². The summed E-state index contributed by atoms with van der Waals surface area (Å²) in [6.45, 7) is 3.97. The van der Waals surface area contributed by atoms with Crippen molar-refractivity contribution in [3.05, 3.63) is 17.8 Å². The Morgan fingerprint density at radius 1 is 1.44 bits per heavy atom. The van der Waals surface area contributed by atoms with E-state index in [4.69, 9.17) is 4.74 Å². The highest BCUT2D eigenvalue weighted by Gasteiger charge is 2.38. The van der Waals surface area contributed by atoms with Crippen LogP contribution in [0, 0.1) is 11.7 Å². The van der Waals surface area contributed by atoms with E-state index >= 15 is 0 Å². The number of halogens is 1. The fraction of sp³-hybridized carbons (Fsp3) is 0.692. The van der Waals surface area contributed by atoms with Gasteiger partial charge in [0, 0.05) is 6.54 Å². The smallest absolute Gasteiger partial charge is 0.187 e. The van der Waals surface area contributed by atoms with E-state index in [-0.39, 0.29) is 11.9 Å². The van der Waals surface area contributed by atoms with Crippen LogP contribution in [-0.2, 0) is 11.2 Å². The molecule has 0 bridgehead atoms. The molecule has 1 aromatic rings. The van der Waals surface area contributed by atoms with Crippen LogP contribution in [0.15, 0.2) is 6.33 Å². The van der Waals surface area contributed by atoms with Crippen molar-refractivity contribution in [3.8, 4) is 0 Å². The van der Waals surface area contributed by atoms with Crippen molar-refractivity contribution in [2.45, 2.75) is 32.2 Å². The minimum Gasteiger partial charge on any atom is -0.377 e. The number of nitrogens with zero attached hydrogens (tertiary/aromatic N) is 3. The summed E-state index contributed by atoms with van der Waals surface area (Å²) >= 11 is 0. The van der Waals surface area contributed by atoms with E-state index in [1.807, 2.05) is 6.92 Å². The maximum atomic E-state index is 14.3. The Labute approximate surface area is 106 Å². The molecule has 1 aromatic heterocycles. The first-order valence-electron chi connectivity index (χ1n) is 6.65. The van der Waals surface area contributed by atoms with Gasteiger partial charge in [0.25, 0.3) is 0 Å². The highest BCUT2D eigenvalue weighted by Crippen LogP contribution is 2.38. The number of anilines is 1. The first kappa shape index (κ1) is 11.8. The molecule has 1 aliphatic heterocycles. The minimum absolute atomic E-state index is 0.257. The summed E-state index contributed by atoms with van der Waals surface area (Å²) in [7, 11) is 0. The Balaban J connectivity index is 1.91. The van der Waals surface area contributed by atoms with Gasteiger partial charge in [-0.1, -0.05) is 6.92 Å². The van der Waals surface area contributed by atoms with Crippen LogP contribution in [0.3, 0.4) is 0 Å². The molecule has 3 rings (SSSR count). The zero-order valence-corrected chi connectivity index (χ0v) is 10.6. The molecule has 0 aromatic carbocycles. The van der Waals surface area contributed by atoms with Gasteiger partial charge in [-0.15, -0.1) is 0 Å². The monoisotopic (exact) mass is 251 g/mol. The normalized spacial score (nSPS) is 24.3. The molecule has 0 amide bonds. The lowest BCUT2D eigenvalue weighted by Gasteiger charge is -2.36. The lowest BCUT2D eigenvalue weighted by Crippen LogP contribution is -2.47. The molecular weight excluding hydrogens is 233 g/mol. The molecular formula is C13H18FN3O. The molecule has 98 valence electrons. The van der Waals surface area contributed by atoms with Crippen LogP contribution in [0.25, 0.3) is 0 Å². The van der Waals surface area contributed by atoms with Crippen molar-refractivity contribution in [1.29, 1.82) is 0 Å². The zero-order valence-electron chi connectivity index (χ0n) is 10.6. The highest BCUT2D eigenvalue weighted by atomic mass is 19.1. The van der Waals surface area contributed by atoms with Crippen LogP contribution in [-0.4, -0.2) is 35.8 Å². The van der Waals surface area contributed by atoms with Gasteiger partial charge in [0.15, 0.2) is 11.6 Å². The minimum atomic E-state index is -0.257. The maximum Gasteiger partial charge on any atom is 0.187 e. The zero-order chi connectivity index (χ0) is 12.5. The van der Waals surface area contributed by atoms with Crippen LogP contribution < -0.4 is 4.90 Å². The van der Waals surface area contributed by atoms with Crippen LogP contribution in [0.2, 0.25) is 0 Å². The molecule has 4 nitrogen and oxygen atoms in total. The van der Waals surface area contributed by atoms with E-state index in [2.05, 4.69) is 14.9 Å². The van der Waals surface area contributed by atoms with Gasteiger partial charge in [-0.3, -0.25) is 0 Å². The second-order valence-electron chi connectivity index (χ2n) is 4.98. The van der Waals surface area contributed by atoms with E-state index in [1.54, 1.807) is 0 Å². The third-order valence-corrected chi connectivity index (χ3v) is 3.78. The molecule has 0 radical (unpaired) electrons. The first-order valence-corrected chi connectivity index (χ1v) is 6.65. The summed E-state index contributed by atoms with van der Waals surface area (Å²) < 4.78 is 19.8. The van der Waals surface area contributed by atoms with Gasteiger partial charge in [0.1, 0.15) is 6.33 Å². The molecule has 1 aliphatic carbocycles. The van der Waals surface area contributed by atoms with Crippen LogP contribution >= 0.6 is 0 Å². The van der Waals surface area contributed by atoms with Crippen LogP contribution in [0.5, 0.6) is 0 Å². The molecule has 1 saturated heterocycles. The number of hydrogen-bond donors (Lipinski definition) is 0. The van der Waals surface area contributed by atoms with E-state index < -0.39 is 0 Å². The predicted octanol–water partition coefficient (Wildman–Crippen LogP) is 1.79. The summed E-state index contributed by atoms with van der Waals surface area (Å²) in [5.41, 5.74) is 0.501. The van der Waals surface area contributed by atoms with Gasteiger partial charge in [-0.05, 0) is 25.2 Å². The van der Waals surface area contributed by atoms with Crippen molar-refractivity contribution in [3.63, 3.8) is 0 Å². The highest BCUT2D eigenvalue weighted by molar-refractivity contribution is 5.43. The van der Waals surface area contributed by atoms with Gasteiger partial charge in [-0.2, -0.15) is 0 Å². The topological polar surface area (TPSA) is 38.2 Å². The molecule has 18 heavy (non-hydrogen) atoms. The van der Waals surface area contributed by atoms with Crippen LogP contribution in [0.1, 0.15) is 25.5 Å². The molecule has 2 heterocycles. The number of hydrogen-bond acceptors (Lipinski definition) is 4. The largest absolute Gasteiger partial charge is 0.377 e. The Bertz CT molecular complexity index is 436.